The molecule has 19 heavy (non-hydrogen) atoms. The molecule has 0 radical (unpaired) electrons. The molecule has 0 amide bonds. The number of hydrogen-bond donors (Lipinski definition) is 1. The van der Waals surface area contributed by atoms with Gasteiger partial charge in [-0.1, -0.05) is 34.1 Å². The second-order valence-corrected chi connectivity index (χ2v) is 5.90. The molecule has 1 saturated carbocycles. The molecular formula is C16H15BrFN. The SMILES string of the molecule is Fc1ccc(Br)cc1-c1cccc(CNC2CC2)c1. The summed E-state index contributed by atoms with van der Waals surface area (Å²) in [7, 11) is 0. The largest absolute Gasteiger partial charge is 0.310 e. The van der Waals surface area contributed by atoms with Gasteiger partial charge in [-0.2, -0.15) is 0 Å². The molecule has 0 spiro atoms. The summed E-state index contributed by atoms with van der Waals surface area (Å²) in [6.45, 7) is 0.855. The molecule has 3 heteroatoms. The van der Waals surface area contributed by atoms with Gasteiger partial charge in [-0.3, -0.25) is 0 Å². The molecule has 0 saturated heterocycles. The van der Waals surface area contributed by atoms with E-state index in [1.165, 1.54) is 24.5 Å². The van der Waals surface area contributed by atoms with Crippen molar-refractivity contribution < 1.29 is 4.39 Å². The Morgan fingerprint density at radius 2 is 2.00 bits per heavy atom. The topological polar surface area (TPSA) is 12.0 Å². The molecule has 3 rings (SSSR count). The van der Waals surface area contributed by atoms with Crippen molar-refractivity contribution in [3.8, 4) is 11.1 Å². The van der Waals surface area contributed by atoms with Gasteiger partial charge in [0.2, 0.25) is 0 Å². The van der Waals surface area contributed by atoms with Gasteiger partial charge in [0.1, 0.15) is 5.82 Å². The molecule has 0 heterocycles. The fraction of sp³-hybridized carbons (Fsp3) is 0.250. The Morgan fingerprint density at radius 1 is 1.16 bits per heavy atom. The minimum absolute atomic E-state index is 0.185. The van der Waals surface area contributed by atoms with Gasteiger partial charge < -0.3 is 5.32 Å². The van der Waals surface area contributed by atoms with Gasteiger partial charge in [0, 0.05) is 22.6 Å². The molecule has 1 aliphatic rings. The van der Waals surface area contributed by atoms with Crippen molar-refractivity contribution in [1.29, 1.82) is 0 Å². The maximum Gasteiger partial charge on any atom is 0.131 e. The molecule has 0 atom stereocenters. The first-order valence-electron chi connectivity index (χ1n) is 6.50. The summed E-state index contributed by atoms with van der Waals surface area (Å²) in [4.78, 5) is 0. The summed E-state index contributed by atoms with van der Waals surface area (Å²) in [6, 6.07) is 13.8. The Hall–Kier alpha value is -1.19. The third-order valence-corrected chi connectivity index (χ3v) is 3.83. The average Bonchev–Trinajstić information content (AvgIpc) is 3.24. The van der Waals surface area contributed by atoms with Crippen LogP contribution in [0.15, 0.2) is 46.9 Å². The van der Waals surface area contributed by atoms with Crippen LogP contribution < -0.4 is 5.32 Å². The molecule has 0 aromatic heterocycles. The van der Waals surface area contributed by atoms with E-state index in [0.717, 1.165) is 16.6 Å². The maximum atomic E-state index is 13.9. The van der Waals surface area contributed by atoms with Gasteiger partial charge in [0.05, 0.1) is 0 Å². The highest BCUT2D eigenvalue weighted by molar-refractivity contribution is 9.10. The van der Waals surface area contributed by atoms with E-state index >= 15 is 0 Å². The lowest BCUT2D eigenvalue weighted by Crippen LogP contribution is -2.15. The van der Waals surface area contributed by atoms with E-state index in [1.807, 2.05) is 18.2 Å². The molecule has 1 nitrogen and oxygen atoms in total. The lowest BCUT2D eigenvalue weighted by Gasteiger charge is -2.08. The lowest BCUT2D eigenvalue weighted by atomic mass is 10.0. The van der Waals surface area contributed by atoms with Crippen LogP contribution in [0, 0.1) is 5.82 Å². The van der Waals surface area contributed by atoms with Gasteiger partial charge in [0.25, 0.3) is 0 Å². The quantitative estimate of drug-likeness (QED) is 0.874. The van der Waals surface area contributed by atoms with Crippen molar-refractivity contribution >= 4 is 15.9 Å². The Morgan fingerprint density at radius 3 is 2.79 bits per heavy atom. The molecule has 0 bridgehead atoms. The second kappa shape index (κ2) is 5.43. The fourth-order valence-corrected chi connectivity index (χ4v) is 2.48. The number of nitrogens with one attached hydrogen (secondary N) is 1. The predicted molar refractivity (Wildman–Crippen MR) is 79.4 cm³/mol. The summed E-state index contributed by atoms with van der Waals surface area (Å²) >= 11 is 3.39. The number of rotatable bonds is 4. The Labute approximate surface area is 121 Å². The molecule has 98 valence electrons. The smallest absolute Gasteiger partial charge is 0.131 e. The zero-order valence-electron chi connectivity index (χ0n) is 10.5. The van der Waals surface area contributed by atoms with E-state index < -0.39 is 0 Å². The van der Waals surface area contributed by atoms with Crippen molar-refractivity contribution in [3.63, 3.8) is 0 Å². The normalized spacial score (nSPS) is 14.6. The summed E-state index contributed by atoms with van der Waals surface area (Å²) in [5, 5.41) is 3.47. The van der Waals surface area contributed by atoms with Crippen LogP contribution in [0.2, 0.25) is 0 Å². The van der Waals surface area contributed by atoms with E-state index in [4.69, 9.17) is 0 Å². The molecule has 1 aliphatic carbocycles. The van der Waals surface area contributed by atoms with Crippen molar-refractivity contribution in [1.82, 2.24) is 5.32 Å². The highest BCUT2D eigenvalue weighted by Gasteiger charge is 2.19. The number of halogens is 2. The average molecular weight is 320 g/mol. The van der Waals surface area contributed by atoms with Crippen molar-refractivity contribution in [2.24, 2.45) is 0 Å². The highest BCUT2D eigenvalue weighted by Crippen LogP contribution is 2.27. The third kappa shape index (κ3) is 3.23. The number of hydrogen-bond acceptors (Lipinski definition) is 1. The molecule has 2 aromatic rings. The highest BCUT2D eigenvalue weighted by atomic mass is 79.9. The Kier molecular flexibility index (Phi) is 3.67. The van der Waals surface area contributed by atoms with Crippen molar-refractivity contribution in [2.75, 3.05) is 0 Å². The van der Waals surface area contributed by atoms with Crippen LogP contribution in [0.5, 0.6) is 0 Å². The molecule has 1 fully saturated rings. The van der Waals surface area contributed by atoms with Crippen LogP contribution in [0.25, 0.3) is 11.1 Å². The molecule has 1 N–H and O–H groups in total. The van der Waals surface area contributed by atoms with E-state index in [9.17, 15) is 4.39 Å². The minimum atomic E-state index is -0.185. The summed E-state index contributed by atoms with van der Waals surface area (Å²) in [6.07, 6.45) is 2.56. The zero-order valence-corrected chi connectivity index (χ0v) is 12.1. The van der Waals surface area contributed by atoms with E-state index in [-0.39, 0.29) is 5.82 Å². The first-order chi connectivity index (χ1) is 9.22. The summed E-state index contributed by atoms with van der Waals surface area (Å²) in [5.41, 5.74) is 2.76. The lowest BCUT2D eigenvalue weighted by molar-refractivity contribution is 0.631. The van der Waals surface area contributed by atoms with E-state index in [2.05, 4.69) is 33.4 Å². The maximum absolute atomic E-state index is 13.9. The van der Waals surface area contributed by atoms with Gasteiger partial charge in [-0.05, 0) is 48.2 Å². The number of benzene rings is 2. The predicted octanol–water partition coefficient (Wildman–Crippen LogP) is 4.51. The zero-order chi connectivity index (χ0) is 13.2. The minimum Gasteiger partial charge on any atom is -0.310 e. The third-order valence-electron chi connectivity index (χ3n) is 3.34. The van der Waals surface area contributed by atoms with Crippen LogP contribution in [-0.2, 0) is 6.54 Å². The summed E-state index contributed by atoms with van der Waals surface area (Å²) in [5.74, 6) is -0.185. The van der Waals surface area contributed by atoms with Crippen LogP contribution in [-0.4, -0.2) is 6.04 Å². The van der Waals surface area contributed by atoms with Gasteiger partial charge in [-0.25, -0.2) is 4.39 Å². The second-order valence-electron chi connectivity index (χ2n) is 4.98. The molecular weight excluding hydrogens is 305 g/mol. The summed E-state index contributed by atoms with van der Waals surface area (Å²) < 4.78 is 14.8. The fourth-order valence-electron chi connectivity index (χ4n) is 2.12. The van der Waals surface area contributed by atoms with E-state index in [1.54, 1.807) is 6.07 Å². The first kappa shape index (κ1) is 12.8. The van der Waals surface area contributed by atoms with Crippen molar-refractivity contribution in [2.45, 2.75) is 25.4 Å². The van der Waals surface area contributed by atoms with Crippen molar-refractivity contribution in [3.05, 3.63) is 58.3 Å². The van der Waals surface area contributed by atoms with Crippen LogP contribution in [0.3, 0.4) is 0 Å². The van der Waals surface area contributed by atoms with E-state index in [0.29, 0.717) is 11.6 Å². The Bertz CT molecular complexity index is 593. The van der Waals surface area contributed by atoms with Gasteiger partial charge in [-0.15, -0.1) is 0 Å². The van der Waals surface area contributed by atoms with Gasteiger partial charge in [0.15, 0.2) is 0 Å². The Balaban J connectivity index is 1.86. The first-order valence-corrected chi connectivity index (χ1v) is 7.29. The molecule has 0 unspecified atom stereocenters. The van der Waals surface area contributed by atoms with Crippen LogP contribution in [0.1, 0.15) is 18.4 Å². The van der Waals surface area contributed by atoms with Crippen LogP contribution >= 0.6 is 15.9 Å². The monoisotopic (exact) mass is 319 g/mol. The molecule has 0 aliphatic heterocycles. The standard InChI is InChI=1S/C16H15BrFN/c17-13-4-7-16(18)15(9-13)12-3-1-2-11(8-12)10-19-14-5-6-14/h1-4,7-9,14,19H,5-6,10H2. The molecule has 2 aromatic carbocycles. The van der Waals surface area contributed by atoms with Crippen LogP contribution in [0.4, 0.5) is 4.39 Å². The van der Waals surface area contributed by atoms with Gasteiger partial charge >= 0.3 is 0 Å².